The Hall–Kier alpha value is -0.730. The summed E-state index contributed by atoms with van der Waals surface area (Å²) < 4.78 is 34.8. The van der Waals surface area contributed by atoms with Crippen LogP contribution in [0.25, 0.3) is 0 Å². The van der Waals surface area contributed by atoms with Gasteiger partial charge in [0, 0.05) is 9.92 Å². The molecule has 1 atom stereocenters. The second-order valence-corrected chi connectivity index (χ2v) is 8.36. The molecule has 1 heterocycles. The van der Waals surface area contributed by atoms with Crippen molar-refractivity contribution in [2.24, 2.45) is 5.14 Å². The molecule has 0 unspecified atom stereocenters. The van der Waals surface area contributed by atoms with Gasteiger partial charge in [-0.15, -0.1) is 11.3 Å². The van der Waals surface area contributed by atoms with Crippen LogP contribution in [0.15, 0.2) is 49.7 Å². The van der Waals surface area contributed by atoms with Gasteiger partial charge < -0.3 is 0 Å². The van der Waals surface area contributed by atoms with Gasteiger partial charge in [0.25, 0.3) is 0 Å². The normalized spacial score (nSPS) is 13.4. The van der Waals surface area contributed by atoms with Crippen LogP contribution in [-0.4, -0.2) is 12.6 Å². The number of sulfonamides is 1. The molecule has 1 aromatic heterocycles. The van der Waals surface area contributed by atoms with E-state index < -0.39 is 20.8 Å². The van der Waals surface area contributed by atoms with E-state index in [1.54, 1.807) is 24.3 Å². The number of benzene rings is 1. The lowest BCUT2D eigenvalue weighted by Gasteiger charge is -1.99. The van der Waals surface area contributed by atoms with E-state index in [2.05, 4.69) is 0 Å². The SMILES string of the molecule is NS(=O)(=O)c1ccc([S@@](=O)c2cccc(Cl)c2)s1. The zero-order valence-corrected chi connectivity index (χ0v) is 12.1. The van der Waals surface area contributed by atoms with Gasteiger partial charge in [0.15, 0.2) is 0 Å². The number of thiophene rings is 1. The molecule has 8 heteroatoms. The smallest absolute Gasteiger partial charge is 0.247 e. The molecule has 18 heavy (non-hydrogen) atoms. The minimum atomic E-state index is -3.75. The Morgan fingerprint density at radius 3 is 2.50 bits per heavy atom. The molecular weight excluding hydrogens is 314 g/mol. The maximum Gasteiger partial charge on any atom is 0.247 e. The van der Waals surface area contributed by atoms with Crippen LogP contribution in [0.1, 0.15) is 0 Å². The van der Waals surface area contributed by atoms with Crippen molar-refractivity contribution in [2.45, 2.75) is 13.3 Å². The number of rotatable bonds is 3. The molecule has 0 aliphatic heterocycles. The van der Waals surface area contributed by atoms with Crippen LogP contribution < -0.4 is 5.14 Å². The van der Waals surface area contributed by atoms with Gasteiger partial charge in [-0.05, 0) is 30.3 Å². The third kappa shape index (κ3) is 2.99. The predicted octanol–water partition coefficient (Wildman–Crippen LogP) is 2.22. The lowest BCUT2D eigenvalue weighted by atomic mass is 10.4. The summed E-state index contributed by atoms with van der Waals surface area (Å²) in [5.74, 6) is 0. The first-order chi connectivity index (χ1) is 8.38. The first kappa shape index (κ1) is 13.7. The highest BCUT2D eigenvalue weighted by atomic mass is 35.5. The Bertz CT molecular complexity index is 709. The molecular formula is C10H8ClNO3S3. The third-order valence-corrected chi connectivity index (χ3v) is 6.47. The second kappa shape index (κ2) is 5.10. The van der Waals surface area contributed by atoms with E-state index >= 15 is 0 Å². The minimum absolute atomic E-state index is 0.00659. The summed E-state index contributed by atoms with van der Waals surface area (Å²) in [4.78, 5) is 0.519. The molecule has 2 N–H and O–H groups in total. The molecule has 0 amide bonds. The van der Waals surface area contributed by atoms with Gasteiger partial charge in [-0.1, -0.05) is 17.7 Å². The first-order valence-electron chi connectivity index (χ1n) is 4.68. The van der Waals surface area contributed by atoms with Crippen LogP contribution in [0.5, 0.6) is 0 Å². The third-order valence-electron chi connectivity index (χ3n) is 2.03. The Morgan fingerprint density at radius 2 is 1.94 bits per heavy atom. The van der Waals surface area contributed by atoms with E-state index in [-0.39, 0.29) is 4.21 Å². The fourth-order valence-electron chi connectivity index (χ4n) is 1.25. The zero-order chi connectivity index (χ0) is 13.3. The molecule has 0 bridgehead atoms. The highest BCUT2D eigenvalue weighted by molar-refractivity contribution is 7.92. The Morgan fingerprint density at radius 1 is 1.22 bits per heavy atom. The number of hydrogen-bond donors (Lipinski definition) is 1. The topological polar surface area (TPSA) is 77.2 Å². The van der Waals surface area contributed by atoms with Crippen LogP contribution in [0, 0.1) is 0 Å². The maximum absolute atomic E-state index is 12.2. The van der Waals surface area contributed by atoms with Crippen LogP contribution >= 0.6 is 22.9 Å². The van der Waals surface area contributed by atoms with Crippen LogP contribution in [0.2, 0.25) is 5.02 Å². The average molecular weight is 322 g/mol. The van der Waals surface area contributed by atoms with Crippen LogP contribution in [0.3, 0.4) is 0 Å². The summed E-state index contributed by atoms with van der Waals surface area (Å²) in [5.41, 5.74) is 0. The molecule has 0 aliphatic carbocycles. The van der Waals surface area contributed by atoms with Gasteiger partial charge in [-0.3, -0.25) is 0 Å². The number of primary sulfonamides is 1. The molecule has 2 aromatic rings. The van der Waals surface area contributed by atoms with Gasteiger partial charge in [-0.25, -0.2) is 17.8 Å². The molecule has 2 rings (SSSR count). The monoisotopic (exact) mass is 321 g/mol. The van der Waals surface area contributed by atoms with Crippen molar-refractivity contribution >= 4 is 43.8 Å². The van der Waals surface area contributed by atoms with E-state index in [1.165, 1.54) is 12.1 Å². The molecule has 0 fully saturated rings. The van der Waals surface area contributed by atoms with E-state index in [0.29, 0.717) is 14.1 Å². The lowest BCUT2D eigenvalue weighted by Crippen LogP contribution is -2.09. The standard InChI is InChI=1S/C10H8ClNO3S3/c11-7-2-1-3-8(6-7)17(13)9-4-5-10(16-9)18(12,14)15/h1-6H,(H2,12,14,15)/t17-/m0/s1. The Balaban J connectivity index is 2.38. The van der Waals surface area contributed by atoms with E-state index in [9.17, 15) is 12.6 Å². The molecule has 0 aliphatic rings. The van der Waals surface area contributed by atoms with Gasteiger partial charge >= 0.3 is 0 Å². The summed E-state index contributed by atoms with van der Waals surface area (Å²) in [6.45, 7) is 0. The van der Waals surface area contributed by atoms with Crippen molar-refractivity contribution in [1.82, 2.24) is 0 Å². The Kier molecular flexibility index (Phi) is 3.88. The zero-order valence-electron chi connectivity index (χ0n) is 8.87. The molecule has 4 nitrogen and oxygen atoms in total. The van der Waals surface area contributed by atoms with Crippen molar-refractivity contribution in [3.63, 3.8) is 0 Å². The highest BCUT2D eigenvalue weighted by Gasteiger charge is 2.15. The van der Waals surface area contributed by atoms with Crippen molar-refractivity contribution in [3.8, 4) is 0 Å². The van der Waals surface area contributed by atoms with E-state index in [1.807, 2.05) is 0 Å². The van der Waals surface area contributed by atoms with E-state index in [0.717, 1.165) is 11.3 Å². The predicted molar refractivity (Wildman–Crippen MR) is 71.8 cm³/mol. The van der Waals surface area contributed by atoms with Crippen LogP contribution in [-0.2, 0) is 20.8 Å². The van der Waals surface area contributed by atoms with Crippen molar-refractivity contribution < 1.29 is 12.6 Å². The fraction of sp³-hybridized carbons (Fsp3) is 0. The van der Waals surface area contributed by atoms with Gasteiger partial charge in [-0.2, -0.15) is 0 Å². The van der Waals surface area contributed by atoms with Gasteiger partial charge in [0.2, 0.25) is 10.0 Å². The first-order valence-corrected chi connectivity index (χ1v) is 8.57. The number of halogens is 1. The van der Waals surface area contributed by atoms with Gasteiger partial charge in [0.05, 0.1) is 15.0 Å². The number of hydrogen-bond acceptors (Lipinski definition) is 4. The van der Waals surface area contributed by atoms with Gasteiger partial charge in [0.1, 0.15) is 4.21 Å². The molecule has 1 aromatic carbocycles. The van der Waals surface area contributed by atoms with Crippen molar-refractivity contribution in [1.29, 1.82) is 0 Å². The molecule has 0 spiro atoms. The molecule has 0 saturated heterocycles. The summed E-state index contributed by atoms with van der Waals surface area (Å²) in [5, 5.41) is 5.47. The lowest BCUT2D eigenvalue weighted by molar-refractivity contribution is 0.600. The number of nitrogens with two attached hydrogens (primary N) is 1. The fourth-order valence-corrected chi connectivity index (χ4v) is 4.85. The van der Waals surface area contributed by atoms with Crippen molar-refractivity contribution in [2.75, 3.05) is 0 Å². The summed E-state index contributed by atoms with van der Waals surface area (Å²) in [6, 6.07) is 9.43. The Labute approximate surface area is 116 Å². The quantitative estimate of drug-likeness (QED) is 0.941. The summed E-state index contributed by atoms with van der Waals surface area (Å²) >= 11 is 6.70. The average Bonchev–Trinajstić information content (AvgIpc) is 2.77. The van der Waals surface area contributed by atoms with E-state index in [4.69, 9.17) is 16.7 Å². The summed E-state index contributed by atoms with van der Waals surface area (Å²) in [6.07, 6.45) is 0. The molecule has 0 radical (unpaired) electrons. The maximum atomic E-state index is 12.2. The summed E-state index contributed by atoms with van der Waals surface area (Å²) in [7, 11) is -5.20. The van der Waals surface area contributed by atoms with Crippen molar-refractivity contribution in [3.05, 3.63) is 41.4 Å². The van der Waals surface area contributed by atoms with Crippen LogP contribution in [0.4, 0.5) is 0 Å². The second-order valence-electron chi connectivity index (χ2n) is 3.34. The highest BCUT2D eigenvalue weighted by Crippen LogP contribution is 2.27. The molecule has 0 saturated carbocycles. The largest absolute Gasteiger partial charge is 0.248 e. The molecule has 96 valence electrons. The minimum Gasteiger partial charge on any atom is -0.248 e.